The molecular formula is C22H24N4O2. The normalized spacial score (nSPS) is 11.4. The van der Waals surface area contributed by atoms with Crippen LogP contribution in [0.1, 0.15) is 30.4 Å². The molecular weight excluding hydrogens is 352 g/mol. The van der Waals surface area contributed by atoms with E-state index in [9.17, 15) is 4.79 Å². The number of aryl methyl sites for hydroxylation is 4. The van der Waals surface area contributed by atoms with E-state index >= 15 is 0 Å². The first-order valence-corrected chi connectivity index (χ1v) is 9.63. The summed E-state index contributed by atoms with van der Waals surface area (Å²) in [6, 6.07) is 13.9. The van der Waals surface area contributed by atoms with Gasteiger partial charge in [-0.2, -0.15) is 4.98 Å². The van der Waals surface area contributed by atoms with Gasteiger partial charge >= 0.3 is 0 Å². The van der Waals surface area contributed by atoms with E-state index < -0.39 is 0 Å². The highest BCUT2D eigenvalue weighted by Crippen LogP contribution is 2.21. The Bertz CT molecular complexity index is 1190. The number of imidazole rings is 1. The van der Waals surface area contributed by atoms with Crippen LogP contribution in [0.15, 0.2) is 47.3 Å². The lowest BCUT2D eigenvalue weighted by Crippen LogP contribution is -2.25. The van der Waals surface area contributed by atoms with Crippen molar-refractivity contribution in [3.05, 3.63) is 69.9 Å². The maximum absolute atomic E-state index is 13.4. The molecule has 0 aliphatic rings. The predicted molar refractivity (Wildman–Crippen MR) is 110 cm³/mol. The third-order valence-corrected chi connectivity index (χ3v) is 5.05. The van der Waals surface area contributed by atoms with Crippen molar-refractivity contribution in [2.45, 2.75) is 39.7 Å². The van der Waals surface area contributed by atoms with Gasteiger partial charge in [-0.1, -0.05) is 37.3 Å². The van der Waals surface area contributed by atoms with Gasteiger partial charge in [-0.15, -0.1) is 0 Å². The maximum Gasteiger partial charge on any atom is 0.277 e. The van der Waals surface area contributed by atoms with Crippen LogP contribution in [-0.2, 0) is 19.4 Å². The topological polar surface area (TPSA) is 61.4 Å². The summed E-state index contributed by atoms with van der Waals surface area (Å²) in [5, 5.41) is 0. The predicted octanol–water partition coefficient (Wildman–Crippen LogP) is 3.56. The number of nitrogens with zero attached hydrogens (tertiary/aromatic N) is 4. The van der Waals surface area contributed by atoms with Crippen molar-refractivity contribution in [1.82, 2.24) is 18.9 Å². The highest BCUT2D eigenvalue weighted by atomic mass is 16.5. The molecule has 0 N–H and O–H groups in total. The van der Waals surface area contributed by atoms with Crippen molar-refractivity contribution in [2.24, 2.45) is 0 Å². The van der Waals surface area contributed by atoms with Crippen LogP contribution < -0.4 is 10.3 Å². The van der Waals surface area contributed by atoms with Gasteiger partial charge in [0.2, 0.25) is 5.88 Å². The van der Waals surface area contributed by atoms with E-state index in [4.69, 9.17) is 4.74 Å². The van der Waals surface area contributed by atoms with Crippen LogP contribution in [0, 0.1) is 6.92 Å². The molecule has 6 heteroatoms. The minimum atomic E-state index is -0.0252. The Morgan fingerprint density at radius 3 is 2.54 bits per heavy atom. The fourth-order valence-corrected chi connectivity index (χ4v) is 3.71. The van der Waals surface area contributed by atoms with E-state index in [2.05, 4.69) is 29.0 Å². The summed E-state index contributed by atoms with van der Waals surface area (Å²) in [4.78, 5) is 22.7. The molecule has 0 bridgehead atoms. The van der Waals surface area contributed by atoms with Crippen LogP contribution in [0.4, 0.5) is 0 Å². The average molecular weight is 376 g/mol. The molecule has 0 amide bonds. The number of hydrogen-bond donors (Lipinski definition) is 0. The molecule has 0 radical (unpaired) electrons. The minimum Gasteiger partial charge on any atom is -0.481 e. The highest BCUT2D eigenvalue weighted by Gasteiger charge is 2.19. The molecule has 0 spiro atoms. The first-order valence-electron chi connectivity index (χ1n) is 9.63. The molecule has 6 nitrogen and oxygen atoms in total. The number of fused-ring (bicyclic) bond motifs is 3. The van der Waals surface area contributed by atoms with Crippen LogP contribution in [0.2, 0.25) is 0 Å². The lowest BCUT2D eigenvalue weighted by Gasteiger charge is -2.14. The molecule has 1 aromatic carbocycles. The molecule has 0 aliphatic heterocycles. The van der Waals surface area contributed by atoms with Crippen LogP contribution >= 0.6 is 0 Å². The first-order chi connectivity index (χ1) is 13.6. The number of aromatic nitrogens is 4. The standard InChI is InChI=1S/C22H24N4O2/c1-4-8-18-23-15(2)20-22(27)25(14-13-16-9-6-5-7-10-16)17-11-12-19(28-3)24-21(17)26(18)20/h5-7,9-12H,4,8,13-14H2,1-3H3. The molecule has 0 saturated carbocycles. The van der Waals surface area contributed by atoms with Crippen molar-refractivity contribution in [3.8, 4) is 5.88 Å². The number of methoxy groups -OCH3 is 1. The van der Waals surface area contributed by atoms with Crippen molar-refractivity contribution in [1.29, 1.82) is 0 Å². The monoisotopic (exact) mass is 376 g/mol. The van der Waals surface area contributed by atoms with E-state index in [1.54, 1.807) is 13.2 Å². The van der Waals surface area contributed by atoms with Crippen molar-refractivity contribution in [2.75, 3.05) is 7.11 Å². The van der Waals surface area contributed by atoms with Gasteiger partial charge in [0.15, 0.2) is 5.65 Å². The summed E-state index contributed by atoms with van der Waals surface area (Å²) >= 11 is 0. The average Bonchev–Trinajstić information content (AvgIpc) is 3.05. The van der Waals surface area contributed by atoms with E-state index in [1.165, 1.54) is 5.56 Å². The van der Waals surface area contributed by atoms with Crippen LogP contribution in [0.25, 0.3) is 16.7 Å². The molecule has 0 fully saturated rings. The number of benzene rings is 1. The zero-order chi connectivity index (χ0) is 19.7. The zero-order valence-corrected chi connectivity index (χ0v) is 16.5. The van der Waals surface area contributed by atoms with Crippen LogP contribution in [0.3, 0.4) is 0 Å². The minimum absolute atomic E-state index is 0.0252. The summed E-state index contributed by atoms with van der Waals surface area (Å²) in [5.74, 6) is 1.39. The Balaban J connectivity index is 1.97. The second kappa shape index (κ2) is 7.46. The van der Waals surface area contributed by atoms with Gasteiger partial charge in [0.05, 0.1) is 18.3 Å². The Kier molecular flexibility index (Phi) is 4.86. The molecule has 4 rings (SSSR count). The van der Waals surface area contributed by atoms with Gasteiger partial charge in [0.25, 0.3) is 5.56 Å². The molecule has 3 aromatic heterocycles. The van der Waals surface area contributed by atoms with Gasteiger partial charge in [0, 0.05) is 19.0 Å². The molecule has 0 atom stereocenters. The van der Waals surface area contributed by atoms with E-state index in [-0.39, 0.29) is 5.56 Å². The third-order valence-electron chi connectivity index (χ3n) is 5.05. The molecule has 3 heterocycles. The quantitative estimate of drug-likeness (QED) is 0.516. The van der Waals surface area contributed by atoms with Gasteiger partial charge in [-0.05, 0) is 31.4 Å². The molecule has 144 valence electrons. The summed E-state index contributed by atoms with van der Waals surface area (Å²) in [7, 11) is 1.60. The number of hydrogen-bond acceptors (Lipinski definition) is 4. The molecule has 0 aliphatic carbocycles. The fraction of sp³-hybridized carbons (Fsp3) is 0.318. The van der Waals surface area contributed by atoms with Gasteiger partial charge in [0.1, 0.15) is 11.3 Å². The lowest BCUT2D eigenvalue weighted by atomic mass is 10.1. The largest absolute Gasteiger partial charge is 0.481 e. The van der Waals surface area contributed by atoms with Gasteiger partial charge in [-0.25, -0.2) is 4.98 Å². The van der Waals surface area contributed by atoms with Crippen molar-refractivity contribution >= 4 is 16.7 Å². The van der Waals surface area contributed by atoms with Crippen LogP contribution in [-0.4, -0.2) is 26.0 Å². The fourth-order valence-electron chi connectivity index (χ4n) is 3.71. The molecule has 0 saturated heterocycles. The Hall–Kier alpha value is -3.15. The smallest absolute Gasteiger partial charge is 0.277 e. The number of rotatable bonds is 6. The molecule has 4 aromatic rings. The Labute approximate surface area is 163 Å². The van der Waals surface area contributed by atoms with Crippen LogP contribution in [0.5, 0.6) is 5.88 Å². The third kappa shape index (κ3) is 3.05. The Morgan fingerprint density at radius 1 is 1.04 bits per heavy atom. The second-order valence-electron chi connectivity index (χ2n) is 6.94. The van der Waals surface area contributed by atoms with Crippen molar-refractivity contribution in [3.63, 3.8) is 0 Å². The molecule has 0 unspecified atom stereocenters. The maximum atomic E-state index is 13.4. The summed E-state index contributed by atoms with van der Waals surface area (Å²) in [6.07, 6.45) is 2.50. The summed E-state index contributed by atoms with van der Waals surface area (Å²) in [6.45, 7) is 4.58. The summed E-state index contributed by atoms with van der Waals surface area (Å²) in [5.41, 5.74) is 4.02. The zero-order valence-electron chi connectivity index (χ0n) is 16.5. The molecule has 28 heavy (non-hydrogen) atoms. The number of ether oxygens (including phenoxy) is 1. The van der Waals surface area contributed by atoms with Crippen molar-refractivity contribution < 1.29 is 4.74 Å². The van der Waals surface area contributed by atoms with E-state index in [0.717, 1.165) is 36.3 Å². The van der Waals surface area contributed by atoms with E-state index in [0.29, 0.717) is 23.6 Å². The Morgan fingerprint density at radius 2 is 1.82 bits per heavy atom. The SMILES string of the molecule is CCCc1nc(C)c2c(=O)n(CCc3ccccc3)c3ccc(OC)nc3n12. The lowest BCUT2D eigenvalue weighted by molar-refractivity contribution is 0.399. The van der Waals surface area contributed by atoms with E-state index in [1.807, 2.05) is 40.2 Å². The second-order valence-corrected chi connectivity index (χ2v) is 6.94. The van der Waals surface area contributed by atoms with Gasteiger partial charge in [-0.3, -0.25) is 9.20 Å². The summed E-state index contributed by atoms with van der Waals surface area (Å²) < 4.78 is 9.07. The highest BCUT2D eigenvalue weighted by molar-refractivity contribution is 5.77. The first kappa shape index (κ1) is 18.2. The van der Waals surface area contributed by atoms with Gasteiger partial charge < -0.3 is 9.30 Å². The number of pyridine rings is 1.